The summed E-state index contributed by atoms with van der Waals surface area (Å²) in [5.74, 6) is 0.596. The Kier molecular flexibility index (Phi) is 4.16. The number of ether oxygens (including phenoxy) is 1. The fourth-order valence-corrected chi connectivity index (χ4v) is 1.42. The van der Waals surface area contributed by atoms with Crippen LogP contribution in [0, 0.1) is 5.41 Å². The van der Waals surface area contributed by atoms with Gasteiger partial charge in [0, 0.05) is 5.69 Å². The van der Waals surface area contributed by atoms with Crippen LogP contribution in [0.25, 0.3) is 0 Å². The van der Waals surface area contributed by atoms with E-state index >= 15 is 0 Å². The van der Waals surface area contributed by atoms with Crippen molar-refractivity contribution < 1.29 is 9.53 Å². The summed E-state index contributed by atoms with van der Waals surface area (Å²) in [5, 5.41) is 0. The van der Waals surface area contributed by atoms with E-state index in [-0.39, 0.29) is 11.2 Å². The molecule has 0 fully saturated rings. The molecule has 1 aromatic carbocycles. The Morgan fingerprint density at radius 1 is 1.35 bits per heavy atom. The fraction of sp³-hybridized carbons (Fsp3) is 0.500. The molecule has 2 N–H and O–H groups in total. The smallest absolute Gasteiger partial charge is 0.163 e. The van der Waals surface area contributed by atoms with Crippen LogP contribution in [0.5, 0.6) is 5.75 Å². The summed E-state index contributed by atoms with van der Waals surface area (Å²) in [4.78, 5) is 11.4. The lowest BCUT2D eigenvalue weighted by Crippen LogP contribution is -2.12. The third-order valence-electron chi connectivity index (χ3n) is 2.49. The van der Waals surface area contributed by atoms with Crippen molar-refractivity contribution in [2.75, 3.05) is 12.3 Å². The number of hydrogen-bond donors (Lipinski definition) is 1. The van der Waals surface area contributed by atoms with Crippen molar-refractivity contribution in [1.29, 1.82) is 0 Å². The SMILES string of the molecule is CC(=O)c1cc(N)ccc1OCCC(C)(C)C. The maximum absolute atomic E-state index is 11.4. The van der Waals surface area contributed by atoms with Crippen LogP contribution in [-0.4, -0.2) is 12.4 Å². The van der Waals surface area contributed by atoms with E-state index in [2.05, 4.69) is 20.8 Å². The Hall–Kier alpha value is -1.51. The molecular formula is C14H21NO2. The van der Waals surface area contributed by atoms with Gasteiger partial charge in [-0.2, -0.15) is 0 Å². The second kappa shape index (κ2) is 5.21. The number of benzene rings is 1. The van der Waals surface area contributed by atoms with Crippen LogP contribution in [0.3, 0.4) is 0 Å². The zero-order chi connectivity index (χ0) is 13.1. The molecule has 0 amide bonds. The number of rotatable bonds is 4. The van der Waals surface area contributed by atoms with E-state index in [1.807, 2.05) is 0 Å². The molecular weight excluding hydrogens is 214 g/mol. The molecule has 3 heteroatoms. The summed E-state index contributed by atoms with van der Waals surface area (Å²) >= 11 is 0. The van der Waals surface area contributed by atoms with Gasteiger partial charge in [-0.25, -0.2) is 0 Å². The third-order valence-corrected chi connectivity index (χ3v) is 2.49. The first-order valence-electron chi connectivity index (χ1n) is 5.83. The molecule has 0 aliphatic heterocycles. The Morgan fingerprint density at radius 3 is 2.53 bits per heavy atom. The standard InChI is InChI=1S/C14H21NO2/c1-10(16)12-9-11(15)5-6-13(12)17-8-7-14(2,3)4/h5-6,9H,7-8,15H2,1-4H3. The van der Waals surface area contributed by atoms with Crippen LogP contribution in [0.4, 0.5) is 5.69 Å². The zero-order valence-electron chi connectivity index (χ0n) is 11.0. The minimum Gasteiger partial charge on any atom is -0.493 e. The monoisotopic (exact) mass is 235 g/mol. The van der Waals surface area contributed by atoms with Crippen LogP contribution in [0.15, 0.2) is 18.2 Å². The van der Waals surface area contributed by atoms with Crippen LogP contribution in [0.2, 0.25) is 0 Å². The largest absolute Gasteiger partial charge is 0.493 e. The van der Waals surface area contributed by atoms with E-state index in [0.717, 1.165) is 6.42 Å². The molecule has 3 nitrogen and oxygen atoms in total. The molecule has 0 aliphatic carbocycles. The molecule has 0 spiro atoms. The summed E-state index contributed by atoms with van der Waals surface area (Å²) in [6.07, 6.45) is 0.939. The number of ketones is 1. The molecule has 0 heterocycles. The average molecular weight is 235 g/mol. The van der Waals surface area contributed by atoms with E-state index in [1.165, 1.54) is 6.92 Å². The predicted octanol–water partition coefficient (Wildman–Crippen LogP) is 3.29. The Morgan fingerprint density at radius 2 is 2.00 bits per heavy atom. The maximum Gasteiger partial charge on any atom is 0.163 e. The highest BCUT2D eigenvalue weighted by Crippen LogP contribution is 2.24. The number of Topliss-reactive ketones (excluding diaryl/α,β-unsaturated/α-hetero) is 1. The second-order valence-corrected chi connectivity index (χ2v) is 5.47. The molecule has 1 rings (SSSR count). The Labute approximate surface area is 103 Å². The number of carbonyl (C=O) groups excluding carboxylic acids is 1. The van der Waals surface area contributed by atoms with Crippen molar-refractivity contribution >= 4 is 11.5 Å². The van der Waals surface area contributed by atoms with E-state index in [1.54, 1.807) is 18.2 Å². The van der Waals surface area contributed by atoms with E-state index in [9.17, 15) is 4.79 Å². The van der Waals surface area contributed by atoms with Crippen molar-refractivity contribution in [3.8, 4) is 5.75 Å². The van der Waals surface area contributed by atoms with Gasteiger partial charge in [0.2, 0.25) is 0 Å². The summed E-state index contributed by atoms with van der Waals surface area (Å²) < 4.78 is 5.65. The molecule has 0 saturated carbocycles. The van der Waals surface area contributed by atoms with Crippen LogP contribution in [-0.2, 0) is 0 Å². The van der Waals surface area contributed by atoms with E-state index < -0.39 is 0 Å². The van der Waals surface area contributed by atoms with Crippen molar-refractivity contribution in [2.24, 2.45) is 5.41 Å². The summed E-state index contributed by atoms with van der Waals surface area (Å²) in [6, 6.07) is 5.17. The summed E-state index contributed by atoms with van der Waals surface area (Å²) in [7, 11) is 0. The van der Waals surface area contributed by atoms with Gasteiger partial charge in [0.05, 0.1) is 12.2 Å². The molecule has 0 aliphatic rings. The van der Waals surface area contributed by atoms with Gasteiger partial charge in [0.1, 0.15) is 5.75 Å². The number of anilines is 1. The zero-order valence-corrected chi connectivity index (χ0v) is 11.0. The molecule has 0 aromatic heterocycles. The van der Waals surface area contributed by atoms with Gasteiger partial charge in [-0.05, 0) is 37.0 Å². The van der Waals surface area contributed by atoms with Crippen LogP contribution < -0.4 is 10.5 Å². The van der Waals surface area contributed by atoms with Crippen molar-refractivity contribution in [3.63, 3.8) is 0 Å². The normalized spacial score (nSPS) is 11.3. The highest BCUT2D eigenvalue weighted by Gasteiger charge is 2.12. The Balaban J connectivity index is 2.74. The lowest BCUT2D eigenvalue weighted by atomic mass is 9.93. The van der Waals surface area contributed by atoms with E-state index in [0.29, 0.717) is 23.6 Å². The summed E-state index contributed by atoms with van der Waals surface area (Å²) in [5.41, 5.74) is 7.02. The number of hydrogen-bond acceptors (Lipinski definition) is 3. The first kappa shape index (κ1) is 13.6. The second-order valence-electron chi connectivity index (χ2n) is 5.47. The number of nitrogens with two attached hydrogens (primary N) is 1. The van der Waals surface area contributed by atoms with Crippen molar-refractivity contribution in [3.05, 3.63) is 23.8 Å². The highest BCUT2D eigenvalue weighted by molar-refractivity contribution is 5.97. The minimum absolute atomic E-state index is 0.0249. The molecule has 0 bridgehead atoms. The van der Waals surface area contributed by atoms with Gasteiger partial charge in [0.15, 0.2) is 5.78 Å². The van der Waals surface area contributed by atoms with E-state index in [4.69, 9.17) is 10.5 Å². The van der Waals surface area contributed by atoms with Gasteiger partial charge >= 0.3 is 0 Å². The molecule has 0 radical (unpaired) electrons. The van der Waals surface area contributed by atoms with Gasteiger partial charge in [0.25, 0.3) is 0 Å². The maximum atomic E-state index is 11.4. The molecule has 94 valence electrons. The summed E-state index contributed by atoms with van der Waals surface area (Å²) in [6.45, 7) is 8.60. The fourth-order valence-electron chi connectivity index (χ4n) is 1.42. The van der Waals surface area contributed by atoms with Crippen molar-refractivity contribution in [2.45, 2.75) is 34.1 Å². The number of nitrogen functional groups attached to an aromatic ring is 1. The molecule has 0 atom stereocenters. The lowest BCUT2D eigenvalue weighted by molar-refractivity contribution is 0.101. The third kappa shape index (κ3) is 4.47. The first-order chi connectivity index (χ1) is 7.79. The van der Waals surface area contributed by atoms with Crippen LogP contribution in [0.1, 0.15) is 44.5 Å². The van der Waals surface area contributed by atoms with Crippen LogP contribution >= 0.6 is 0 Å². The minimum atomic E-state index is -0.0249. The molecule has 1 aromatic rings. The number of carbonyl (C=O) groups is 1. The average Bonchev–Trinajstić information content (AvgIpc) is 2.18. The molecule has 17 heavy (non-hydrogen) atoms. The quantitative estimate of drug-likeness (QED) is 0.643. The molecule has 0 unspecified atom stereocenters. The Bertz CT molecular complexity index is 405. The first-order valence-corrected chi connectivity index (χ1v) is 5.83. The van der Waals surface area contributed by atoms with Gasteiger partial charge in [-0.1, -0.05) is 20.8 Å². The van der Waals surface area contributed by atoms with Gasteiger partial charge in [-0.3, -0.25) is 4.79 Å². The highest BCUT2D eigenvalue weighted by atomic mass is 16.5. The topological polar surface area (TPSA) is 52.3 Å². The lowest BCUT2D eigenvalue weighted by Gasteiger charge is -2.18. The van der Waals surface area contributed by atoms with Crippen molar-refractivity contribution in [1.82, 2.24) is 0 Å². The molecule has 0 saturated heterocycles. The van der Waals surface area contributed by atoms with Gasteiger partial charge in [-0.15, -0.1) is 0 Å². The van der Waals surface area contributed by atoms with Gasteiger partial charge < -0.3 is 10.5 Å². The predicted molar refractivity (Wildman–Crippen MR) is 70.4 cm³/mol.